The number of hydrogen-bond donors (Lipinski definition) is 2. The van der Waals surface area contributed by atoms with Crippen LogP contribution in [0.25, 0.3) is 11.4 Å². The van der Waals surface area contributed by atoms with Crippen molar-refractivity contribution in [3.05, 3.63) is 36.4 Å². The van der Waals surface area contributed by atoms with E-state index in [2.05, 4.69) is 10.3 Å². The Bertz CT molecular complexity index is 645. The van der Waals surface area contributed by atoms with Crippen molar-refractivity contribution in [2.75, 3.05) is 20.2 Å². The lowest BCUT2D eigenvalue weighted by Crippen LogP contribution is -2.36. The average Bonchev–Trinajstić information content (AvgIpc) is 3.08. The molecule has 128 valence electrons. The average molecular weight is 364 g/mol. The molecule has 0 radical (unpaired) electrons. The molecule has 1 atom stereocenters. The van der Waals surface area contributed by atoms with Crippen molar-refractivity contribution in [3.63, 3.8) is 0 Å². The normalized spacial score (nSPS) is 19.8. The predicted molar refractivity (Wildman–Crippen MR) is 91.1 cm³/mol. The summed E-state index contributed by atoms with van der Waals surface area (Å²) in [6.07, 6.45) is 4.15. The number of aromatic nitrogens is 2. The molecule has 0 amide bonds. The second kappa shape index (κ2) is 7.97. The van der Waals surface area contributed by atoms with Crippen LogP contribution in [0, 0.1) is 5.82 Å². The van der Waals surface area contributed by atoms with Crippen LogP contribution in [0.2, 0.25) is 0 Å². The third-order valence-electron chi connectivity index (χ3n) is 3.81. The lowest BCUT2D eigenvalue weighted by atomic mass is 10.0. The van der Waals surface area contributed by atoms with Gasteiger partial charge in [0.2, 0.25) is 0 Å². The molecule has 1 fully saturated rings. The van der Waals surface area contributed by atoms with Gasteiger partial charge in [-0.05, 0) is 31.2 Å². The number of ether oxygens (including phenoxy) is 1. The van der Waals surface area contributed by atoms with Crippen molar-refractivity contribution in [3.8, 4) is 17.1 Å². The van der Waals surface area contributed by atoms with Crippen molar-refractivity contribution in [2.24, 2.45) is 0 Å². The first-order valence-corrected chi connectivity index (χ1v) is 6.89. The van der Waals surface area contributed by atoms with E-state index in [0.29, 0.717) is 30.9 Å². The van der Waals surface area contributed by atoms with Crippen molar-refractivity contribution in [1.29, 1.82) is 0 Å². The summed E-state index contributed by atoms with van der Waals surface area (Å²) in [6.45, 7) is 1.79. The molecule has 5 nitrogen and oxygen atoms in total. The molecule has 8 heteroatoms. The van der Waals surface area contributed by atoms with Gasteiger partial charge in [-0.25, -0.2) is 9.37 Å². The molecule has 0 bridgehead atoms. The maximum atomic E-state index is 13.8. The molecule has 1 aliphatic heterocycles. The molecule has 1 aromatic heterocycles. The monoisotopic (exact) mass is 363 g/mol. The van der Waals surface area contributed by atoms with E-state index in [4.69, 9.17) is 4.74 Å². The van der Waals surface area contributed by atoms with Crippen LogP contribution in [0.1, 0.15) is 6.42 Å². The number of rotatable bonds is 4. The third-order valence-corrected chi connectivity index (χ3v) is 3.81. The van der Waals surface area contributed by atoms with Crippen LogP contribution >= 0.6 is 24.8 Å². The minimum absolute atomic E-state index is 0. The molecule has 23 heavy (non-hydrogen) atoms. The minimum atomic E-state index is -0.777. The van der Waals surface area contributed by atoms with Gasteiger partial charge in [-0.15, -0.1) is 24.8 Å². The van der Waals surface area contributed by atoms with E-state index in [1.54, 1.807) is 24.5 Å². The zero-order valence-corrected chi connectivity index (χ0v) is 14.3. The fourth-order valence-electron chi connectivity index (χ4n) is 2.69. The van der Waals surface area contributed by atoms with Gasteiger partial charge >= 0.3 is 0 Å². The number of β-amino-alcohol motifs (C(OH)–C–C–N with tert-alkyl or cyclic N) is 1. The summed E-state index contributed by atoms with van der Waals surface area (Å²) in [4.78, 5) is 4.28. The van der Waals surface area contributed by atoms with Crippen LogP contribution in [-0.2, 0) is 6.54 Å². The van der Waals surface area contributed by atoms with E-state index < -0.39 is 11.4 Å². The summed E-state index contributed by atoms with van der Waals surface area (Å²) in [5.74, 6) is 0.415. The van der Waals surface area contributed by atoms with Gasteiger partial charge in [0.15, 0.2) is 11.6 Å². The Morgan fingerprint density at radius 1 is 1.43 bits per heavy atom. The van der Waals surface area contributed by atoms with Gasteiger partial charge in [-0.3, -0.25) is 0 Å². The standard InChI is InChI=1S/C15H18FN3O2.2ClH/c1-21-13-3-2-11(8-12(13)16)14-18-6-7-19(14)10-15(20)4-5-17-9-15;;/h2-3,6-8,17,20H,4-5,9-10H2,1H3;2*1H. The maximum absolute atomic E-state index is 13.8. The highest BCUT2D eigenvalue weighted by Crippen LogP contribution is 2.26. The Kier molecular flexibility index (Phi) is 6.83. The van der Waals surface area contributed by atoms with Gasteiger partial charge in [0.05, 0.1) is 19.3 Å². The van der Waals surface area contributed by atoms with E-state index in [1.165, 1.54) is 13.2 Å². The quantitative estimate of drug-likeness (QED) is 0.874. The molecule has 1 saturated heterocycles. The molecule has 0 saturated carbocycles. The Morgan fingerprint density at radius 2 is 2.22 bits per heavy atom. The van der Waals surface area contributed by atoms with E-state index >= 15 is 0 Å². The number of nitrogens with zero attached hydrogens (tertiary/aromatic N) is 2. The first-order valence-electron chi connectivity index (χ1n) is 6.89. The largest absolute Gasteiger partial charge is 0.494 e. The maximum Gasteiger partial charge on any atom is 0.165 e. The Balaban J connectivity index is 0.00000132. The summed E-state index contributed by atoms with van der Waals surface area (Å²) >= 11 is 0. The minimum Gasteiger partial charge on any atom is -0.494 e. The van der Waals surface area contributed by atoms with E-state index in [9.17, 15) is 9.50 Å². The molecule has 2 heterocycles. The third kappa shape index (κ3) is 4.14. The number of hydrogen-bond acceptors (Lipinski definition) is 4. The van der Waals surface area contributed by atoms with Crippen molar-refractivity contribution < 1.29 is 14.2 Å². The summed E-state index contributed by atoms with van der Waals surface area (Å²) in [6, 6.07) is 4.74. The lowest BCUT2D eigenvalue weighted by molar-refractivity contribution is 0.0436. The molecular weight excluding hydrogens is 344 g/mol. The van der Waals surface area contributed by atoms with Gasteiger partial charge in [-0.2, -0.15) is 0 Å². The topological polar surface area (TPSA) is 59.3 Å². The summed E-state index contributed by atoms with van der Waals surface area (Å²) in [5, 5.41) is 13.6. The van der Waals surface area contributed by atoms with Gasteiger partial charge < -0.3 is 19.7 Å². The van der Waals surface area contributed by atoms with E-state index in [-0.39, 0.29) is 30.6 Å². The highest BCUT2D eigenvalue weighted by Gasteiger charge is 2.32. The van der Waals surface area contributed by atoms with Crippen LogP contribution < -0.4 is 10.1 Å². The van der Waals surface area contributed by atoms with E-state index in [0.717, 1.165) is 6.54 Å². The number of methoxy groups -OCH3 is 1. The van der Waals surface area contributed by atoms with Crippen LogP contribution in [0.4, 0.5) is 4.39 Å². The molecule has 3 rings (SSSR count). The fraction of sp³-hybridized carbons (Fsp3) is 0.400. The van der Waals surface area contributed by atoms with Crippen LogP contribution in [0.3, 0.4) is 0 Å². The highest BCUT2D eigenvalue weighted by molar-refractivity contribution is 5.85. The highest BCUT2D eigenvalue weighted by atomic mass is 35.5. The van der Waals surface area contributed by atoms with Crippen molar-refractivity contribution in [2.45, 2.75) is 18.6 Å². The first kappa shape index (κ1) is 19.7. The Hall–Kier alpha value is -1.34. The van der Waals surface area contributed by atoms with Gasteiger partial charge in [0.25, 0.3) is 0 Å². The molecule has 1 aromatic carbocycles. The lowest BCUT2D eigenvalue weighted by Gasteiger charge is -2.23. The molecular formula is C15H20Cl2FN3O2. The molecule has 0 aliphatic carbocycles. The van der Waals surface area contributed by atoms with Crippen LogP contribution in [0.5, 0.6) is 5.75 Å². The fourth-order valence-corrected chi connectivity index (χ4v) is 2.69. The Labute approximate surface area is 146 Å². The zero-order valence-electron chi connectivity index (χ0n) is 12.7. The number of halogens is 3. The van der Waals surface area contributed by atoms with Gasteiger partial charge in [0.1, 0.15) is 5.82 Å². The predicted octanol–water partition coefficient (Wildman–Crippen LogP) is 2.27. The Morgan fingerprint density at radius 3 is 2.83 bits per heavy atom. The SMILES string of the molecule is COc1ccc(-c2nccn2CC2(O)CCNC2)cc1F.Cl.Cl. The molecule has 1 unspecified atom stereocenters. The second-order valence-electron chi connectivity index (χ2n) is 5.38. The molecule has 1 aliphatic rings. The smallest absolute Gasteiger partial charge is 0.165 e. The number of imidazole rings is 1. The zero-order chi connectivity index (χ0) is 14.9. The summed E-state index contributed by atoms with van der Waals surface area (Å²) in [7, 11) is 1.43. The van der Waals surface area contributed by atoms with Crippen molar-refractivity contribution >= 4 is 24.8 Å². The van der Waals surface area contributed by atoms with Gasteiger partial charge in [0, 0.05) is 24.5 Å². The van der Waals surface area contributed by atoms with E-state index in [1.807, 2.05) is 4.57 Å². The summed E-state index contributed by atoms with van der Waals surface area (Å²) < 4.78 is 20.6. The second-order valence-corrected chi connectivity index (χ2v) is 5.38. The summed E-state index contributed by atoms with van der Waals surface area (Å²) in [5.41, 5.74) is -0.117. The molecule has 0 spiro atoms. The number of aliphatic hydroxyl groups is 1. The first-order chi connectivity index (χ1) is 10.1. The molecule has 2 N–H and O–H groups in total. The van der Waals surface area contributed by atoms with Crippen LogP contribution in [-0.4, -0.2) is 40.5 Å². The number of benzene rings is 1. The number of nitrogens with one attached hydrogen (secondary N) is 1. The van der Waals surface area contributed by atoms with Crippen LogP contribution in [0.15, 0.2) is 30.6 Å². The van der Waals surface area contributed by atoms with Crippen molar-refractivity contribution in [1.82, 2.24) is 14.9 Å². The van der Waals surface area contributed by atoms with Gasteiger partial charge in [-0.1, -0.05) is 0 Å². The molecule has 2 aromatic rings.